The van der Waals surface area contributed by atoms with E-state index in [1.807, 2.05) is 45.0 Å². The van der Waals surface area contributed by atoms with Gasteiger partial charge in [0.2, 0.25) is 0 Å². The third-order valence-corrected chi connectivity index (χ3v) is 5.41. The molecule has 0 aliphatic rings. The maximum absolute atomic E-state index is 12.5. The van der Waals surface area contributed by atoms with E-state index in [9.17, 15) is 9.59 Å². The third-order valence-electron chi connectivity index (χ3n) is 4.29. The van der Waals surface area contributed by atoms with Crippen LogP contribution in [0.2, 0.25) is 0 Å². The highest BCUT2D eigenvalue weighted by molar-refractivity contribution is 7.16. The number of furan rings is 1. The van der Waals surface area contributed by atoms with E-state index in [0.29, 0.717) is 16.3 Å². The van der Waals surface area contributed by atoms with Gasteiger partial charge in [0.05, 0.1) is 12.7 Å². The molecule has 0 radical (unpaired) electrons. The van der Waals surface area contributed by atoms with E-state index >= 15 is 0 Å². The number of nitrogens with one attached hydrogen (secondary N) is 1. The molecule has 3 rings (SSSR count). The molecule has 1 amide bonds. The third kappa shape index (κ3) is 4.26. The molecule has 0 fully saturated rings. The minimum Gasteiger partial charge on any atom is -0.486 e. The van der Waals surface area contributed by atoms with Crippen molar-refractivity contribution in [3.8, 4) is 5.75 Å². The Labute approximate surface area is 167 Å². The Bertz CT molecular complexity index is 1000. The largest absolute Gasteiger partial charge is 0.486 e. The molecular formula is C21H21NO5S. The van der Waals surface area contributed by atoms with E-state index in [4.69, 9.17) is 13.9 Å². The van der Waals surface area contributed by atoms with Crippen LogP contribution in [-0.2, 0) is 11.3 Å². The number of carbonyl (C=O) groups excluding carboxylic acids is 2. The number of anilines is 1. The molecule has 146 valence electrons. The van der Waals surface area contributed by atoms with Gasteiger partial charge in [0.15, 0.2) is 5.76 Å². The monoisotopic (exact) mass is 399 g/mol. The maximum Gasteiger partial charge on any atom is 0.341 e. The molecule has 0 atom stereocenters. The zero-order chi connectivity index (χ0) is 20.3. The summed E-state index contributed by atoms with van der Waals surface area (Å²) in [6.45, 7) is 5.92. The van der Waals surface area contributed by atoms with Gasteiger partial charge in [-0.25, -0.2) is 4.79 Å². The fourth-order valence-corrected chi connectivity index (χ4v) is 3.64. The zero-order valence-corrected chi connectivity index (χ0v) is 16.9. The second-order valence-corrected chi connectivity index (χ2v) is 7.53. The van der Waals surface area contributed by atoms with Crippen LogP contribution in [0.5, 0.6) is 5.75 Å². The van der Waals surface area contributed by atoms with Gasteiger partial charge in [0.25, 0.3) is 5.91 Å². The summed E-state index contributed by atoms with van der Waals surface area (Å²) in [5.74, 6) is 0.469. The Hall–Kier alpha value is -3.06. The number of benzene rings is 1. The summed E-state index contributed by atoms with van der Waals surface area (Å²) in [6, 6.07) is 10.9. The van der Waals surface area contributed by atoms with Crippen molar-refractivity contribution in [2.75, 3.05) is 12.4 Å². The van der Waals surface area contributed by atoms with Crippen LogP contribution in [0.15, 0.2) is 40.8 Å². The lowest BCUT2D eigenvalue weighted by Crippen LogP contribution is -2.13. The van der Waals surface area contributed by atoms with Crippen molar-refractivity contribution in [3.05, 3.63) is 69.5 Å². The van der Waals surface area contributed by atoms with Crippen LogP contribution in [-0.4, -0.2) is 19.0 Å². The fraction of sp³-hybridized carbons (Fsp3) is 0.238. The summed E-state index contributed by atoms with van der Waals surface area (Å²) < 4.78 is 16.1. The van der Waals surface area contributed by atoms with Crippen LogP contribution in [0.3, 0.4) is 0 Å². The van der Waals surface area contributed by atoms with Gasteiger partial charge in [-0.3, -0.25) is 4.79 Å². The van der Waals surface area contributed by atoms with Crippen LogP contribution in [0.1, 0.15) is 42.7 Å². The molecule has 28 heavy (non-hydrogen) atoms. The molecule has 0 unspecified atom stereocenters. The predicted octanol–water partition coefficient (Wildman–Crippen LogP) is 4.88. The number of hydrogen-bond acceptors (Lipinski definition) is 6. The first kappa shape index (κ1) is 19.7. The van der Waals surface area contributed by atoms with Crippen molar-refractivity contribution in [1.82, 2.24) is 0 Å². The van der Waals surface area contributed by atoms with Crippen LogP contribution in [0.25, 0.3) is 0 Å². The van der Waals surface area contributed by atoms with Gasteiger partial charge >= 0.3 is 5.97 Å². The van der Waals surface area contributed by atoms with E-state index in [0.717, 1.165) is 21.8 Å². The number of methoxy groups -OCH3 is 1. The molecule has 0 saturated heterocycles. The molecular weight excluding hydrogens is 378 g/mol. The molecule has 0 aliphatic heterocycles. The summed E-state index contributed by atoms with van der Waals surface area (Å²) >= 11 is 1.32. The first-order chi connectivity index (χ1) is 13.4. The Kier molecular flexibility index (Phi) is 5.84. The fourth-order valence-electron chi connectivity index (χ4n) is 2.59. The maximum atomic E-state index is 12.5. The average Bonchev–Trinajstić information content (AvgIpc) is 3.26. The first-order valence-electron chi connectivity index (χ1n) is 8.67. The molecule has 1 N–H and O–H groups in total. The predicted molar refractivity (Wildman–Crippen MR) is 107 cm³/mol. The van der Waals surface area contributed by atoms with Crippen molar-refractivity contribution in [1.29, 1.82) is 0 Å². The number of carbonyl (C=O) groups is 2. The van der Waals surface area contributed by atoms with Gasteiger partial charge < -0.3 is 19.2 Å². The molecule has 1 aromatic carbocycles. The Morgan fingerprint density at radius 1 is 1.07 bits per heavy atom. The van der Waals surface area contributed by atoms with Gasteiger partial charge in [0.1, 0.15) is 23.1 Å². The number of hydrogen-bond donors (Lipinski definition) is 1. The van der Waals surface area contributed by atoms with Gasteiger partial charge in [-0.15, -0.1) is 11.3 Å². The van der Waals surface area contributed by atoms with Crippen molar-refractivity contribution < 1.29 is 23.5 Å². The molecule has 0 bridgehead atoms. The topological polar surface area (TPSA) is 77.8 Å². The Balaban J connectivity index is 1.68. The molecule has 6 nitrogen and oxygen atoms in total. The van der Waals surface area contributed by atoms with Crippen molar-refractivity contribution in [2.45, 2.75) is 27.4 Å². The van der Waals surface area contributed by atoms with Crippen LogP contribution < -0.4 is 10.1 Å². The molecule has 2 heterocycles. The smallest absolute Gasteiger partial charge is 0.341 e. The summed E-state index contributed by atoms with van der Waals surface area (Å²) in [5.41, 5.74) is 2.31. The first-order valence-corrected chi connectivity index (χ1v) is 9.48. The van der Waals surface area contributed by atoms with E-state index in [2.05, 4.69) is 5.32 Å². The summed E-state index contributed by atoms with van der Waals surface area (Å²) in [5, 5.41) is 3.19. The molecule has 2 aromatic heterocycles. The van der Waals surface area contributed by atoms with Gasteiger partial charge in [-0.05, 0) is 50.6 Å². The lowest BCUT2D eigenvalue weighted by molar-refractivity contribution is 0.0601. The van der Waals surface area contributed by atoms with E-state index in [-0.39, 0.29) is 12.4 Å². The number of esters is 1. The average molecular weight is 399 g/mol. The van der Waals surface area contributed by atoms with Crippen molar-refractivity contribution in [3.63, 3.8) is 0 Å². The molecule has 0 saturated carbocycles. The summed E-state index contributed by atoms with van der Waals surface area (Å²) in [4.78, 5) is 25.5. The van der Waals surface area contributed by atoms with Gasteiger partial charge in [0, 0.05) is 4.88 Å². The molecule has 0 aliphatic carbocycles. The summed E-state index contributed by atoms with van der Waals surface area (Å²) in [7, 11) is 1.31. The highest BCUT2D eigenvalue weighted by Gasteiger charge is 2.23. The van der Waals surface area contributed by atoms with E-state index in [1.54, 1.807) is 12.1 Å². The lowest BCUT2D eigenvalue weighted by atomic mass is 10.1. The highest BCUT2D eigenvalue weighted by atomic mass is 32.1. The second-order valence-electron chi connectivity index (χ2n) is 6.30. The molecule has 3 aromatic rings. The number of aryl methyl sites for hydroxylation is 2. The highest BCUT2D eigenvalue weighted by Crippen LogP contribution is 2.33. The minimum absolute atomic E-state index is 0.141. The number of thiophene rings is 1. The van der Waals surface area contributed by atoms with Crippen molar-refractivity contribution in [2.24, 2.45) is 0 Å². The van der Waals surface area contributed by atoms with Crippen molar-refractivity contribution >= 4 is 28.2 Å². The second kappa shape index (κ2) is 8.31. The van der Waals surface area contributed by atoms with Crippen LogP contribution in [0.4, 0.5) is 5.00 Å². The Morgan fingerprint density at radius 3 is 2.46 bits per heavy atom. The van der Waals surface area contributed by atoms with Gasteiger partial charge in [-0.1, -0.05) is 17.7 Å². The molecule has 7 heteroatoms. The van der Waals surface area contributed by atoms with E-state index < -0.39 is 11.9 Å². The van der Waals surface area contributed by atoms with Gasteiger partial charge in [-0.2, -0.15) is 0 Å². The minimum atomic E-state index is -0.483. The van der Waals surface area contributed by atoms with E-state index in [1.165, 1.54) is 18.4 Å². The molecule has 0 spiro atoms. The normalized spacial score (nSPS) is 10.6. The van der Waals surface area contributed by atoms with Crippen LogP contribution in [0, 0.1) is 20.8 Å². The number of ether oxygens (including phenoxy) is 2. The summed E-state index contributed by atoms with van der Waals surface area (Å²) in [6.07, 6.45) is 0. The number of amides is 1. The quantitative estimate of drug-likeness (QED) is 0.598. The SMILES string of the molecule is COC(=O)c1c(NC(=O)c2ccc(COc3ccc(C)cc3)o2)sc(C)c1C. The standard InChI is InChI=1S/C21H21NO5S/c1-12-5-7-15(8-6-12)26-11-16-9-10-17(27-16)19(23)22-20-18(21(24)25-4)13(2)14(3)28-20/h5-10H,11H2,1-4H3,(H,22,23). The number of rotatable bonds is 6. The lowest BCUT2D eigenvalue weighted by Gasteiger charge is -2.05. The Morgan fingerprint density at radius 2 is 1.79 bits per heavy atom. The zero-order valence-electron chi connectivity index (χ0n) is 16.1. The van der Waals surface area contributed by atoms with Crippen LogP contribution >= 0.6 is 11.3 Å².